The summed E-state index contributed by atoms with van der Waals surface area (Å²) in [5.41, 5.74) is 5.91. The van der Waals surface area contributed by atoms with Gasteiger partial charge in [-0.3, -0.25) is 62.3 Å². The molecule has 0 bridgehead atoms. The van der Waals surface area contributed by atoms with Gasteiger partial charge in [-0.1, -0.05) is 72.8 Å². The number of aliphatic carboxylic acids is 2. The number of sulfone groups is 1. The smallest absolute Gasteiger partial charge is 0.305 e. The number of halogens is 10. The molecule has 2 unspecified atom stereocenters. The number of carboxylic acids is 2. The van der Waals surface area contributed by atoms with E-state index in [1.807, 2.05) is 16.0 Å². The highest BCUT2D eigenvalue weighted by molar-refractivity contribution is 7.99. The third kappa shape index (κ3) is 24.5. The Bertz CT molecular complexity index is 4910. The van der Waals surface area contributed by atoms with Crippen LogP contribution in [0.2, 0.25) is 0 Å². The monoisotopic (exact) mass is 1730 g/mol. The first-order chi connectivity index (χ1) is 55.5. The van der Waals surface area contributed by atoms with Crippen LogP contribution in [0.1, 0.15) is 77.6 Å². The van der Waals surface area contributed by atoms with E-state index in [9.17, 15) is 118 Å². The maximum Gasteiger partial charge on any atom is 0.305 e. The molecule has 0 spiro atoms. The molecule has 0 radical (unpaired) electrons. The van der Waals surface area contributed by atoms with Crippen molar-refractivity contribution < 1.29 is 140 Å². The van der Waals surface area contributed by atoms with Crippen molar-refractivity contribution in [1.82, 2.24) is 63.1 Å². The molecule has 46 heteroatoms. The van der Waals surface area contributed by atoms with Crippen LogP contribution >= 0.6 is 11.8 Å². The minimum Gasteiger partial charge on any atom is -0.481 e. The number of primary amides is 1. The quantitative estimate of drug-likeness (QED) is 0.00770. The molecule has 11 atom stereocenters. The maximum atomic E-state index is 16.1. The van der Waals surface area contributed by atoms with Crippen molar-refractivity contribution in [2.75, 3.05) is 18.9 Å². The Morgan fingerprint density at radius 1 is 0.538 bits per heavy atom. The number of aromatic nitrogens is 2. The number of amides is 11. The molecule has 1 aromatic heterocycles. The average Bonchev–Trinajstić information content (AvgIpc) is 0.956. The summed E-state index contributed by atoms with van der Waals surface area (Å²) < 4.78 is 178. The molecule has 0 fully saturated rings. The average molecular weight is 1730 g/mol. The molecule has 6 rings (SSSR count). The van der Waals surface area contributed by atoms with Crippen LogP contribution in [0.4, 0.5) is 43.9 Å². The topological polar surface area (TPSA) is 558 Å². The van der Waals surface area contributed by atoms with Crippen LogP contribution in [0.5, 0.6) is 0 Å². The van der Waals surface area contributed by atoms with Crippen molar-refractivity contribution in [2.45, 2.75) is 166 Å². The number of thioether (sulfide) groups is 1. The minimum absolute atomic E-state index is 0.0628. The number of aliphatic hydroxyl groups excluding tert-OH is 3. The first-order valence-electron chi connectivity index (χ1n) is 35.1. The van der Waals surface area contributed by atoms with Gasteiger partial charge in [0, 0.05) is 37.6 Å². The molecule has 119 heavy (non-hydrogen) atoms. The number of carboxylic acid groups (broad SMARTS) is 2. The SMILES string of the molecule is C[C@@H](O)[C@H](NC(=O)CNC(=O)[C@H](CCC(=O)O)NC(=O)C(C)(C)NC(=O)[C@@H](N)Cc1c[nH]cn1)C(=O)NC(C)(Cc1ccccc1F)C(=O)N[C@H](C(=O)N[C@@H](CO)C(=O)N[C@@H](CC(=O)O)C(=O)NC(C)(CSc1c(F)c(F)c(S(=O)(=O)c2c(F)c(F)c(F)c(F)c2F)c(F)c1F)C(=O)N[C@@H](Cc1ccc(-c2ccccc2)cc1)C(N)=O)[C@@H](C)O. The number of carbonyl (C=O) groups excluding carboxylic acids is 11. The zero-order valence-electron chi connectivity index (χ0n) is 63.3. The lowest BCUT2D eigenvalue weighted by atomic mass is 9.90. The first-order valence-corrected chi connectivity index (χ1v) is 37.6. The molecule has 5 aromatic carbocycles. The molecule has 34 nitrogen and oxygen atoms in total. The van der Waals surface area contributed by atoms with Crippen molar-refractivity contribution in [3.05, 3.63) is 166 Å². The van der Waals surface area contributed by atoms with Crippen molar-refractivity contribution in [3.8, 4) is 11.1 Å². The summed E-state index contributed by atoms with van der Waals surface area (Å²) in [6.07, 6.45) is -5.59. The number of nitrogens with two attached hydrogens (primary N) is 2. The zero-order chi connectivity index (χ0) is 89.3. The standard InChI is InChI=1S/C73H80F10N14O20S2/c1-31(99)56(94-69(114)72(5,25-36-14-10-11-15-38(36)74)97-67(112)57(32(2)100)93-44(101)27-87-63(108)40(20-21-45(102)103)91-68(113)71(3,4)95-62(107)39(84)23-37-26-86-30-88-37)66(111)90-43(28-98)64(109)89-42(24-46(104)105)65(110)96-73(6,70(115)92-41(61(85)106)22-33-16-18-35(19-17-33)34-12-8-7-9-13-34)29-118-58-50(78)54(82)60(55(83)51(58)79)119(116,117)59-52(80)48(76)47(75)49(77)53(59)81/h7-19,26,30-32,39-43,56-57,98-100H,20-25,27-29,84H2,1-6H3,(H2,85,106)(H,86,88)(H,87,108)(H,89,109)(H,90,111)(H,91,113)(H,92,115)(H,93,101)(H,94,114)(H,95,107)(H,96,110)(H,97,112)(H,102,103)(H,104,105)/t31-,32-,39+,40+,41+,42+,43+,56+,57+,72?,73?/m1/s1. The van der Waals surface area contributed by atoms with Crippen molar-refractivity contribution in [1.29, 1.82) is 0 Å². The minimum atomic E-state index is -6.84. The third-order valence-electron chi connectivity index (χ3n) is 17.8. The van der Waals surface area contributed by atoms with Gasteiger partial charge < -0.3 is 95.2 Å². The second kappa shape index (κ2) is 40.8. The van der Waals surface area contributed by atoms with E-state index in [1.54, 1.807) is 42.5 Å². The predicted octanol–water partition coefficient (Wildman–Crippen LogP) is -0.304. The van der Waals surface area contributed by atoms with Crippen LogP contribution in [0.15, 0.2) is 106 Å². The fourth-order valence-corrected chi connectivity index (χ4v) is 13.8. The summed E-state index contributed by atoms with van der Waals surface area (Å²) >= 11 is -0.547. The second-order valence-electron chi connectivity index (χ2n) is 27.8. The van der Waals surface area contributed by atoms with Gasteiger partial charge in [0.25, 0.3) is 0 Å². The predicted molar refractivity (Wildman–Crippen MR) is 393 cm³/mol. The van der Waals surface area contributed by atoms with Gasteiger partial charge in [0.1, 0.15) is 68.5 Å². The van der Waals surface area contributed by atoms with E-state index in [0.717, 1.165) is 38.5 Å². The van der Waals surface area contributed by atoms with Gasteiger partial charge in [0.15, 0.2) is 46.5 Å². The van der Waals surface area contributed by atoms with E-state index in [-0.39, 0.29) is 17.5 Å². The Morgan fingerprint density at radius 3 is 1.58 bits per heavy atom. The van der Waals surface area contributed by atoms with E-state index < -0.39 is 294 Å². The lowest BCUT2D eigenvalue weighted by molar-refractivity contribution is -0.142. The molecule has 0 aliphatic heterocycles. The number of rotatable bonds is 41. The fraction of sp³-hybridized carbons (Fsp3) is 0.370. The fourth-order valence-electron chi connectivity index (χ4n) is 11.2. The van der Waals surface area contributed by atoms with Crippen LogP contribution in [0, 0.1) is 58.2 Å². The van der Waals surface area contributed by atoms with Crippen LogP contribution < -0.4 is 64.6 Å². The molecule has 20 N–H and O–H groups in total. The normalized spacial score (nSPS) is 14.8. The maximum absolute atomic E-state index is 16.1. The summed E-state index contributed by atoms with van der Waals surface area (Å²) in [6, 6.07) is 5.02. The molecule has 11 amide bonds. The number of H-pyrrole nitrogens is 1. The van der Waals surface area contributed by atoms with Gasteiger partial charge >= 0.3 is 11.9 Å². The number of aromatic amines is 1. The van der Waals surface area contributed by atoms with Crippen LogP contribution in [-0.4, -0.2) is 211 Å². The van der Waals surface area contributed by atoms with Gasteiger partial charge in [-0.25, -0.2) is 57.3 Å². The summed E-state index contributed by atoms with van der Waals surface area (Å²) in [4.78, 5) is 176. The van der Waals surface area contributed by atoms with E-state index in [1.165, 1.54) is 50.6 Å². The molecule has 1 heterocycles. The van der Waals surface area contributed by atoms with E-state index in [2.05, 4.69) is 47.2 Å². The first kappa shape index (κ1) is 95.7. The molecule has 0 saturated carbocycles. The van der Waals surface area contributed by atoms with Gasteiger partial charge in [-0.05, 0) is 76.3 Å². The summed E-state index contributed by atoms with van der Waals surface area (Å²) in [7, 11) is -6.84. The van der Waals surface area contributed by atoms with Gasteiger partial charge in [0.05, 0.1) is 54.7 Å². The summed E-state index contributed by atoms with van der Waals surface area (Å²) in [5, 5.41) is 72.9. The van der Waals surface area contributed by atoms with Crippen molar-refractivity contribution >= 4 is 98.5 Å². The highest BCUT2D eigenvalue weighted by atomic mass is 32.2. The Balaban J connectivity index is 1.24. The largest absolute Gasteiger partial charge is 0.481 e. The van der Waals surface area contributed by atoms with E-state index in [0.29, 0.717) is 18.2 Å². The number of hydrogen-bond donors (Lipinski definition) is 18. The molecule has 0 aliphatic carbocycles. The number of nitrogens with one attached hydrogen (secondary N) is 11. The number of imidazole rings is 1. The Morgan fingerprint density at radius 2 is 1.05 bits per heavy atom. The molecule has 0 aliphatic rings. The van der Waals surface area contributed by atoms with Gasteiger partial charge in [-0.2, -0.15) is 0 Å². The highest BCUT2D eigenvalue weighted by Crippen LogP contribution is 2.40. The van der Waals surface area contributed by atoms with Crippen molar-refractivity contribution in [3.63, 3.8) is 0 Å². The highest BCUT2D eigenvalue weighted by Gasteiger charge is 2.47. The lowest BCUT2D eigenvalue weighted by Gasteiger charge is -2.34. The molecule has 0 saturated heterocycles. The molecular formula is C73H80F10N14O20S2. The number of hydrogen-bond acceptors (Lipinski definition) is 21. The lowest BCUT2D eigenvalue weighted by Crippen LogP contribution is -2.67. The van der Waals surface area contributed by atoms with Gasteiger partial charge in [-0.15, -0.1) is 11.8 Å². The van der Waals surface area contributed by atoms with Crippen LogP contribution in [0.3, 0.4) is 0 Å². The Labute approximate surface area is 672 Å². The molecular weight excluding hydrogens is 1650 g/mol. The van der Waals surface area contributed by atoms with E-state index >= 15 is 22.0 Å². The summed E-state index contributed by atoms with van der Waals surface area (Å²) in [5.74, 6) is -48.7. The van der Waals surface area contributed by atoms with Crippen molar-refractivity contribution in [2.24, 2.45) is 11.5 Å². The zero-order valence-corrected chi connectivity index (χ0v) is 64.9. The molecule has 644 valence electrons. The summed E-state index contributed by atoms with van der Waals surface area (Å²) in [6.45, 7) is 3.16. The Hall–Kier alpha value is -12.1. The van der Waals surface area contributed by atoms with Crippen LogP contribution in [0.25, 0.3) is 11.1 Å². The number of benzene rings is 5. The second-order valence-corrected chi connectivity index (χ2v) is 30.6. The third-order valence-corrected chi connectivity index (χ3v) is 21.0. The number of nitrogens with zero attached hydrogens (tertiary/aromatic N) is 1. The number of carbonyl (C=O) groups is 13. The Kier molecular flexibility index (Phi) is 32.8. The van der Waals surface area contributed by atoms with Crippen LogP contribution in [-0.2, 0) is 91.4 Å². The molecule has 6 aromatic rings. The van der Waals surface area contributed by atoms with E-state index in [4.69, 9.17) is 11.5 Å². The number of aliphatic hydroxyl groups is 3. The van der Waals surface area contributed by atoms with Gasteiger partial charge in [0.2, 0.25) is 80.6 Å².